The van der Waals surface area contributed by atoms with Crippen LogP contribution in [0, 0.1) is 0 Å². The number of methoxy groups -OCH3 is 1. The molecular weight excluding hydrogens is 323 g/mol. The van der Waals surface area contributed by atoms with Gasteiger partial charge in [-0.15, -0.1) is 13.2 Å². The molecule has 0 unspecified atom stereocenters. The Bertz CT molecular complexity index is 508. The molecule has 0 aliphatic carbocycles. The number of unbranched alkanes of at least 4 members (excludes halogenated alkanes) is 2. The van der Waals surface area contributed by atoms with Crippen LogP contribution >= 0.6 is 0 Å². The third-order valence-corrected chi connectivity index (χ3v) is 3.76. The fraction of sp³-hybridized carbons (Fsp3) is 0.588. The van der Waals surface area contributed by atoms with Crippen molar-refractivity contribution in [1.82, 2.24) is 4.90 Å². The highest BCUT2D eigenvalue weighted by molar-refractivity contribution is 5.77. The molecule has 0 aromatic heterocycles. The largest absolute Gasteiger partial charge is 0.489 e. The monoisotopic (exact) mass is 347 g/mol. The summed E-state index contributed by atoms with van der Waals surface area (Å²) in [6.45, 7) is 1.77. The standard InChI is InChI=1S/C17H24F3NO3/c1-3-4-6-11-15(22)21(17(18,19)20)16(23,12-13-24-2)14-9-7-5-8-10-14/h5,7-10,23H,3-4,6,11-13H2,1-2H3/t16-/m0/s1. The molecule has 0 saturated carbocycles. The Balaban J connectivity index is 3.23. The SMILES string of the molecule is CCCCCC(=O)N(C(F)(F)F)[C@](O)(CCOC)c1ccccc1. The molecule has 0 radical (unpaired) electrons. The predicted molar refractivity (Wildman–Crippen MR) is 83.9 cm³/mol. The van der Waals surface area contributed by atoms with E-state index in [4.69, 9.17) is 4.74 Å². The summed E-state index contributed by atoms with van der Waals surface area (Å²) in [4.78, 5) is 11.9. The van der Waals surface area contributed by atoms with Crippen molar-refractivity contribution in [1.29, 1.82) is 0 Å². The van der Waals surface area contributed by atoms with E-state index >= 15 is 0 Å². The molecule has 0 bridgehead atoms. The topological polar surface area (TPSA) is 49.8 Å². The number of ether oxygens (including phenoxy) is 1. The molecule has 0 fully saturated rings. The van der Waals surface area contributed by atoms with Gasteiger partial charge in [-0.25, -0.2) is 4.90 Å². The molecule has 1 rings (SSSR count). The number of rotatable bonds is 9. The number of alkyl halides is 3. The van der Waals surface area contributed by atoms with Crippen molar-refractivity contribution in [3.63, 3.8) is 0 Å². The zero-order chi connectivity index (χ0) is 18.2. The Morgan fingerprint density at radius 1 is 1.21 bits per heavy atom. The van der Waals surface area contributed by atoms with Crippen molar-refractivity contribution >= 4 is 5.91 Å². The molecular formula is C17H24F3NO3. The van der Waals surface area contributed by atoms with Crippen LogP contribution in [-0.4, -0.2) is 35.9 Å². The first-order valence-corrected chi connectivity index (χ1v) is 7.94. The Labute approximate surface area is 140 Å². The molecule has 0 aliphatic heterocycles. The lowest BCUT2D eigenvalue weighted by Gasteiger charge is -2.40. The summed E-state index contributed by atoms with van der Waals surface area (Å²) < 4.78 is 45.6. The van der Waals surface area contributed by atoms with Gasteiger partial charge in [0.05, 0.1) is 6.61 Å². The van der Waals surface area contributed by atoms with Gasteiger partial charge in [0.15, 0.2) is 5.72 Å². The Morgan fingerprint density at radius 3 is 2.33 bits per heavy atom. The average molecular weight is 347 g/mol. The summed E-state index contributed by atoms with van der Waals surface area (Å²) in [6.07, 6.45) is -3.87. The third kappa shape index (κ3) is 5.21. The normalized spacial score (nSPS) is 14.2. The van der Waals surface area contributed by atoms with Crippen LogP contribution in [0.15, 0.2) is 30.3 Å². The van der Waals surface area contributed by atoms with Crippen LogP contribution in [0.3, 0.4) is 0 Å². The minimum Gasteiger partial charge on any atom is -0.384 e. The van der Waals surface area contributed by atoms with Crippen LogP contribution in [0.4, 0.5) is 13.2 Å². The van der Waals surface area contributed by atoms with Crippen LogP contribution in [0.2, 0.25) is 0 Å². The summed E-state index contributed by atoms with van der Waals surface area (Å²) in [5, 5.41) is 10.8. The predicted octanol–water partition coefficient (Wildman–Crippen LogP) is 3.80. The maximum absolute atomic E-state index is 13.6. The number of carbonyl (C=O) groups excluding carboxylic acids is 1. The molecule has 0 aliphatic rings. The van der Waals surface area contributed by atoms with Crippen LogP contribution < -0.4 is 0 Å². The highest BCUT2D eigenvalue weighted by Crippen LogP contribution is 2.38. The zero-order valence-corrected chi connectivity index (χ0v) is 14.0. The molecule has 0 saturated heterocycles. The molecule has 24 heavy (non-hydrogen) atoms. The summed E-state index contributed by atoms with van der Waals surface area (Å²) in [5.74, 6) is -1.14. The summed E-state index contributed by atoms with van der Waals surface area (Å²) in [6, 6.07) is 7.40. The lowest BCUT2D eigenvalue weighted by atomic mass is 9.97. The van der Waals surface area contributed by atoms with Crippen LogP contribution in [0.5, 0.6) is 0 Å². The van der Waals surface area contributed by atoms with E-state index in [-0.39, 0.29) is 29.9 Å². The molecule has 1 atom stereocenters. The Hall–Kier alpha value is -1.60. The first kappa shape index (κ1) is 20.4. The summed E-state index contributed by atoms with van der Waals surface area (Å²) >= 11 is 0. The highest BCUT2D eigenvalue weighted by atomic mass is 19.4. The van der Waals surface area contributed by atoms with Gasteiger partial charge in [-0.1, -0.05) is 50.1 Å². The molecule has 1 aromatic rings. The van der Waals surface area contributed by atoms with Crippen LogP contribution in [0.1, 0.15) is 44.6 Å². The molecule has 0 heterocycles. The van der Waals surface area contributed by atoms with E-state index in [9.17, 15) is 23.1 Å². The number of benzene rings is 1. The van der Waals surface area contributed by atoms with Crippen molar-refractivity contribution < 1.29 is 27.8 Å². The van der Waals surface area contributed by atoms with E-state index < -0.39 is 17.9 Å². The van der Waals surface area contributed by atoms with E-state index in [1.807, 2.05) is 6.92 Å². The van der Waals surface area contributed by atoms with Gasteiger partial charge in [0, 0.05) is 25.5 Å². The van der Waals surface area contributed by atoms with Gasteiger partial charge in [0.2, 0.25) is 5.91 Å². The smallest absolute Gasteiger partial charge is 0.384 e. The van der Waals surface area contributed by atoms with Crippen molar-refractivity contribution in [2.75, 3.05) is 13.7 Å². The molecule has 1 amide bonds. The van der Waals surface area contributed by atoms with Crippen molar-refractivity contribution in [2.45, 2.75) is 51.1 Å². The highest BCUT2D eigenvalue weighted by Gasteiger charge is 2.53. The minimum absolute atomic E-state index is 0.00298. The lowest BCUT2D eigenvalue weighted by Crippen LogP contribution is -2.57. The third-order valence-electron chi connectivity index (χ3n) is 3.76. The zero-order valence-electron chi connectivity index (χ0n) is 14.0. The summed E-state index contributed by atoms with van der Waals surface area (Å²) in [5.41, 5.74) is -2.50. The Kier molecular flexibility index (Phi) is 7.69. The van der Waals surface area contributed by atoms with Crippen molar-refractivity contribution in [2.24, 2.45) is 0 Å². The van der Waals surface area contributed by atoms with Crippen molar-refractivity contribution in [3.8, 4) is 0 Å². The quantitative estimate of drug-likeness (QED) is 0.420. The molecule has 4 nitrogen and oxygen atoms in total. The maximum atomic E-state index is 13.6. The van der Waals surface area contributed by atoms with Gasteiger partial charge >= 0.3 is 6.30 Å². The van der Waals surface area contributed by atoms with E-state index in [0.29, 0.717) is 12.8 Å². The first-order valence-electron chi connectivity index (χ1n) is 7.94. The van der Waals surface area contributed by atoms with Gasteiger partial charge in [0.1, 0.15) is 0 Å². The summed E-state index contributed by atoms with van der Waals surface area (Å²) in [7, 11) is 1.33. The number of nitrogens with zero attached hydrogens (tertiary/aromatic N) is 1. The molecule has 0 spiro atoms. The number of amides is 1. The Morgan fingerprint density at radius 2 is 1.83 bits per heavy atom. The number of carbonyl (C=O) groups is 1. The molecule has 1 N–H and O–H groups in total. The van der Waals surface area contributed by atoms with Gasteiger partial charge in [-0.05, 0) is 6.42 Å². The second-order valence-electron chi connectivity index (χ2n) is 5.58. The molecule has 136 valence electrons. The molecule has 7 heteroatoms. The lowest BCUT2D eigenvalue weighted by molar-refractivity contribution is -0.310. The fourth-order valence-corrected chi connectivity index (χ4v) is 2.53. The second-order valence-corrected chi connectivity index (χ2v) is 5.58. The number of hydrogen-bond donors (Lipinski definition) is 1. The van der Waals surface area contributed by atoms with Crippen molar-refractivity contribution in [3.05, 3.63) is 35.9 Å². The number of halogens is 3. The molecule has 1 aromatic carbocycles. The average Bonchev–Trinajstić information content (AvgIpc) is 2.53. The van der Waals surface area contributed by atoms with E-state index in [1.54, 1.807) is 6.07 Å². The van der Waals surface area contributed by atoms with E-state index in [2.05, 4.69) is 0 Å². The first-order chi connectivity index (χ1) is 11.3. The van der Waals surface area contributed by atoms with Gasteiger partial charge < -0.3 is 9.84 Å². The fourth-order valence-electron chi connectivity index (χ4n) is 2.53. The second kappa shape index (κ2) is 9.03. The van der Waals surface area contributed by atoms with Gasteiger partial charge in [-0.3, -0.25) is 4.79 Å². The maximum Gasteiger partial charge on any atom is 0.489 e. The van der Waals surface area contributed by atoms with Gasteiger partial charge in [-0.2, -0.15) is 0 Å². The number of hydrogen-bond acceptors (Lipinski definition) is 3. The van der Waals surface area contributed by atoms with E-state index in [1.165, 1.54) is 31.4 Å². The van der Waals surface area contributed by atoms with Crippen LogP contribution in [-0.2, 0) is 15.3 Å². The minimum atomic E-state index is -5.00. The van der Waals surface area contributed by atoms with Crippen LogP contribution in [0.25, 0.3) is 0 Å². The number of aliphatic hydroxyl groups is 1. The van der Waals surface area contributed by atoms with Gasteiger partial charge in [0.25, 0.3) is 0 Å². The van der Waals surface area contributed by atoms with E-state index in [0.717, 1.165) is 6.42 Å².